The van der Waals surface area contributed by atoms with Crippen molar-refractivity contribution in [1.82, 2.24) is 10.3 Å². The largest absolute Gasteiger partial charge is 0.488 e. The molecule has 3 rings (SSSR count). The average Bonchev–Trinajstić information content (AvgIpc) is 2.62. The lowest BCUT2D eigenvalue weighted by molar-refractivity contribution is 0.321. The third-order valence-corrected chi connectivity index (χ3v) is 4.55. The van der Waals surface area contributed by atoms with Gasteiger partial charge in [0.05, 0.1) is 29.0 Å². The van der Waals surface area contributed by atoms with Gasteiger partial charge >= 0.3 is 0 Å². The molecule has 1 aliphatic rings. The van der Waals surface area contributed by atoms with Crippen LogP contribution in [0.15, 0.2) is 35.3 Å². The Balaban J connectivity index is 1.48. The van der Waals surface area contributed by atoms with E-state index in [1.54, 1.807) is 6.07 Å². The molecule has 0 saturated carbocycles. The van der Waals surface area contributed by atoms with Gasteiger partial charge in [0.2, 0.25) is 0 Å². The number of benzene rings is 1. The van der Waals surface area contributed by atoms with Crippen molar-refractivity contribution in [2.45, 2.75) is 19.9 Å². The number of nitrogens with one attached hydrogen (secondary N) is 2. The summed E-state index contributed by atoms with van der Waals surface area (Å²) in [6, 6.07) is 9.52. The van der Waals surface area contributed by atoms with Crippen LogP contribution < -0.4 is 15.4 Å². The first-order chi connectivity index (χ1) is 12.1. The molecule has 0 unspecified atom stereocenters. The minimum atomic E-state index is 0.552. The fourth-order valence-corrected chi connectivity index (χ4v) is 2.80. The van der Waals surface area contributed by atoms with E-state index in [0.29, 0.717) is 23.2 Å². The second kappa shape index (κ2) is 8.41. The van der Waals surface area contributed by atoms with Gasteiger partial charge in [-0.2, -0.15) is 0 Å². The van der Waals surface area contributed by atoms with Crippen LogP contribution in [0.3, 0.4) is 0 Å². The first-order valence-electron chi connectivity index (χ1n) is 8.17. The van der Waals surface area contributed by atoms with Crippen molar-refractivity contribution in [3.8, 4) is 5.75 Å². The smallest absolute Gasteiger partial charge is 0.169 e. The van der Waals surface area contributed by atoms with Crippen molar-refractivity contribution in [2.75, 3.05) is 25.0 Å². The molecule has 132 valence electrons. The SMILES string of the molecule is CC(=NCc1ccc(Cl)c(Cl)c1)NCCc1ccc2c(n1)NCCO2. The number of anilines is 1. The van der Waals surface area contributed by atoms with E-state index in [-0.39, 0.29) is 0 Å². The number of hydrogen-bond donors (Lipinski definition) is 2. The summed E-state index contributed by atoms with van der Waals surface area (Å²) in [7, 11) is 0. The molecule has 25 heavy (non-hydrogen) atoms. The second-order valence-corrected chi connectivity index (χ2v) is 6.57. The summed E-state index contributed by atoms with van der Waals surface area (Å²) in [5, 5.41) is 7.66. The Hall–Kier alpha value is -1.98. The van der Waals surface area contributed by atoms with Crippen molar-refractivity contribution in [2.24, 2.45) is 4.99 Å². The molecule has 0 radical (unpaired) electrons. The van der Waals surface area contributed by atoms with Crippen LogP contribution in [0.25, 0.3) is 0 Å². The summed E-state index contributed by atoms with van der Waals surface area (Å²) in [4.78, 5) is 9.10. The van der Waals surface area contributed by atoms with Crippen LogP contribution in [0, 0.1) is 0 Å². The molecule has 0 atom stereocenters. The standard InChI is InChI=1S/C18H20Cl2N4O/c1-12(23-11-13-2-4-15(19)16(20)10-13)21-7-6-14-3-5-17-18(24-14)22-8-9-25-17/h2-5,10H,6-9,11H2,1H3,(H,21,23)(H,22,24). The molecular formula is C18H20Cl2N4O. The molecule has 0 saturated heterocycles. The first kappa shape index (κ1) is 17.8. The zero-order valence-electron chi connectivity index (χ0n) is 14.0. The molecule has 1 aromatic carbocycles. The average molecular weight is 379 g/mol. The van der Waals surface area contributed by atoms with Crippen LogP contribution in [0.1, 0.15) is 18.2 Å². The highest BCUT2D eigenvalue weighted by Gasteiger charge is 2.11. The highest BCUT2D eigenvalue weighted by atomic mass is 35.5. The topological polar surface area (TPSA) is 58.5 Å². The molecule has 0 spiro atoms. The van der Waals surface area contributed by atoms with Gasteiger partial charge < -0.3 is 15.4 Å². The van der Waals surface area contributed by atoms with Crippen molar-refractivity contribution >= 4 is 34.9 Å². The fourth-order valence-electron chi connectivity index (χ4n) is 2.47. The number of aromatic nitrogens is 1. The lowest BCUT2D eigenvalue weighted by Crippen LogP contribution is -2.24. The summed E-state index contributed by atoms with van der Waals surface area (Å²) in [6.45, 7) is 4.76. The number of halogens is 2. The van der Waals surface area contributed by atoms with Crippen LogP contribution in [0.4, 0.5) is 5.82 Å². The summed E-state index contributed by atoms with van der Waals surface area (Å²) in [5.74, 6) is 2.53. The number of aliphatic imine (C=N–C) groups is 1. The maximum absolute atomic E-state index is 6.01. The van der Waals surface area contributed by atoms with Gasteiger partial charge in [0, 0.05) is 18.7 Å². The molecule has 2 heterocycles. The number of fused-ring (bicyclic) bond motifs is 1. The molecule has 0 aliphatic carbocycles. The summed E-state index contributed by atoms with van der Waals surface area (Å²) in [5.41, 5.74) is 2.04. The zero-order chi connectivity index (χ0) is 17.6. The quantitative estimate of drug-likeness (QED) is 0.610. The molecule has 0 fully saturated rings. The number of ether oxygens (including phenoxy) is 1. The Labute approximate surface area is 157 Å². The van der Waals surface area contributed by atoms with E-state index in [4.69, 9.17) is 27.9 Å². The van der Waals surface area contributed by atoms with Crippen LogP contribution in [0.5, 0.6) is 5.75 Å². The lowest BCUT2D eigenvalue weighted by atomic mass is 10.2. The lowest BCUT2D eigenvalue weighted by Gasteiger charge is -2.18. The van der Waals surface area contributed by atoms with Gasteiger partial charge in [0.1, 0.15) is 6.61 Å². The highest BCUT2D eigenvalue weighted by molar-refractivity contribution is 6.42. The molecule has 2 aromatic rings. The third kappa shape index (κ3) is 5.00. The Bertz CT molecular complexity index is 780. The van der Waals surface area contributed by atoms with E-state index >= 15 is 0 Å². The first-order valence-corrected chi connectivity index (χ1v) is 8.93. The maximum Gasteiger partial charge on any atom is 0.169 e. The van der Waals surface area contributed by atoms with Crippen molar-refractivity contribution < 1.29 is 4.74 Å². The predicted molar refractivity (Wildman–Crippen MR) is 103 cm³/mol. The second-order valence-electron chi connectivity index (χ2n) is 5.75. The molecule has 2 N–H and O–H groups in total. The molecule has 0 amide bonds. The van der Waals surface area contributed by atoms with Gasteiger partial charge in [-0.05, 0) is 36.8 Å². The Morgan fingerprint density at radius 3 is 3.00 bits per heavy atom. The minimum Gasteiger partial charge on any atom is -0.488 e. The fraction of sp³-hybridized carbons (Fsp3) is 0.333. The Morgan fingerprint density at radius 2 is 2.16 bits per heavy atom. The minimum absolute atomic E-state index is 0.552. The van der Waals surface area contributed by atoms with Crippen LogP contribution in [0.2, 0.25) is 10.0 Å². The third-order valence-electron chi connectivity index (χ3n) is 3.81. The van der Waals surface area contributed by atoms with E-state index in [1.165, 1.54) is 0 Å². The highest BCUT2D eigenvalue weighted by Crippen LogP contribution is 2.25. The number of amidine groups is 1. The van der Waals surface area contributed by atoms with Gasteiger partial charge in [-0.3, -0.25) is 4.99 Å². The van der Waals surface area contributed by atoms with Gasteiger partial charge in [0.15, 0.2) is 11.6 Å². The van der Waals surface area contributed by atoms with Crippen LogP contribution in [-0.4, -0.2) is 30.5 Å². The van der Waals surface area contributed by atoms with Gasteiger partial charge in [-0.1, -0.05) is 29.3 Å². The molecule has 1 aromatic heterocycles. The Kier molecular flexibility index (Phi) is 6.00. The molecular weight excluding hydrogens is 359 g/mol. The van der Waals surface area contributed by atoms with Crippen molar-refractivity contribution in [1.29, 1.82) is 0 Å². The van der Waals surface area contributed by atoms with Gasteiger partial charge in [0.25, 0.3) is 0 Å². The van der Waals surface area contributed by atoms with E-state index in [0.717, 1.165) is 48.2 Å². The molecule has 5 nitrogen and oxygen atoms in total. The monoisotopic (exact) mass is 378 g/mol. The number of rotatable bonds is 5. The summed E-state index contributed by atoms with van der Waals surface area (Å²) >= 11 is 11.9. The normalized spacial score (nSPS) is 13.6. The van der Waals surface area contributed by atoms with Gasteiger partial charge in [-0.15, -0.1) is 0 Å². The van der Waals surface area contributed by atoms with E-state index in [9.17, 15) is 0 Å². The number of nitrogens with zero attached hydrogens (tertiary/aromatic N) is 2. The molecule has 7 heteroatoms. The maximum atomic E-state index is 6.01. The molecule has 0 bridgehead atoms. The zero-order valence-corrected chi connectivity index (χ0v) is 15.5. The van der Waals surface area contributed by atoms with Crippen molar-refractivity contribution in [3.63, 3.8) is 0 Å². The summed E-state index contributed by atoms with van der Waals surface area (Å²) < 4.78 is 5.53. The van der Waals surface area contributed by atoms with E-state index < -0.39 is 0 Å². The number of pyridine rings is 1. The van der Waals surface area contributed by atoms with Crippen molar-refractivity contribution in [3.05, 3.63) is 51.6 Å². The summed E-state index contributed by atoms with van der Waals surface area (Å²) in [6.07, 6.45) is 0.814. The predicted octanol–water partition coefficient (Wildman–Crippen LogP) is 3.94. The van der Waals surface area contributed by atoms with E-state index in [1.807, 2.05) is 31.2 Å². The van der Waals surface area contributed by atoms with Gasteiger partial charge in [-0.25, -0.2) is 4.98 Å². The van der Waals surface area contributed by atoms with Crippen LogP contribution >= 0.6 is 23.2 Å². The van der Waals surface area contributed by atoms with Crippen LogP contribution in [-0.2, 0) is 13.0 Å². The van der Waals surface area contributed by atoms with E-state index in [2.05, 4.69) is 20.6 Å². The molecule has 1 aliphatic heterocycles. The Morgan fingerprint density at radius 1 is 1.28 bits per heavy atom. The number of hydrogen-bond acceptors (Lipinski definition) is 4.